The van der Waals surface area contributed by atoms with Gasteiger partial charge in [-0.05, 0) is 42.7 Å². The Labute approximate surface area is 185 Å². The van der Waals surface area contributed by atoms with Gasteiger partial charge in [-0.25, -0.2) is 4.39 Å². The maximum Gasteiger partial charge on any atom is 0.264 e. The summed E-state index contributed by atoms with van der Waals surface area (Å²) < 4.78 is 31.8. The van der Waals surface area contributed by atoms with Gasteiger partial charge in [0.1, 0.15) is 11.6 Å². The van der Waals surface area contributed by atoms with E-state index in [1.54, 1.807) is 25.2 Å². The summed E-state index contributed by atoms with van der Waals surface area (Å²) in [5.74, 6) is 0.273. The Balaban J connectivity index is 1.71. The van der Waals surface area contributed by atoms with Crippen molar-refractivity contribution in [3.05, 3.63) is 64.3 Å². The number of halogens is 1. The lowest BCUT2D eigenvalue weighted by Gasteiger charge is -2.26. The molecule has 0 N–H and O–H groups in total. The Kier molecular flexibility index (Phi) is 6.85. The number of methoxy groups -OCH3 is 2. The van der Waals surface area contributed by atoms with Gasteiger partial charge >= 0.3 is 0 Å². The number of amides is 1. The van der Waals surface area contributed by atoms with Crippen LogP contribution in [0.5, 0.6) is 5.75 Å². The average molecular weight is 444 g/mol. The summed E-state index contributed by atoms with van der Waals surface area (Å²) in [5.41, 5.74) is 1.57. The highest BCUT2D eigenvalue weighted by molar-refractivity contribution is 7.21. The van der Waals surface area contributed by atoms with E-state index in [9.17, 15) is 9.18 Å². The molecule has 7 heteroatoms. The van der Waals surface area contributed by atoms with Crippen LogP contribution in [0.1, 0.15) is 33.6 Å². The molecule has 0 saturated carbocycles. The van der Waals surface area contributed by atoms with E-state index in [1.165, 1.54) is 17.4 Å². The molecule has 1 aromatic heterocycles. The van der Waals surface area contributed by atoms with Gasteiger partial charge in [0.25, 0.3) is 5.91 Å². The van der Waals surface area contributed by atoms with Crippen LogP contribution >= 0.6 is 11.3 Å². The van der Waals surface area contributed by atoms with Crippen LogP contribution in [0, 0.1) is 5.82 Å². The van der Waals surface area contributed by atoms with E-state index in [0.29, 0.717) is 28.9 Å². The van der Waals surface area contributed by atoms with E-state index < -0.39 is 0 Å². The van der Waals surface area contributed by atoms with E-state index in [0.717, 1.165) is 35.5 Å². The molecule has 0 radical (unpaired) electrons. The first-order valence-corrected chi connectivity index (χ1v) is 11.1. The van der Waals surface area contributed by atoms with E-state index in [2.05, 4.69) is 0 Å². The number of nitrogens with zero attached hydrogens (tertiary/aromatic N) is 1. The van der Waals surface area contributed by atoms with Crippen molar-refractivity contribution in [3.8, 4) is 5.75 Å². The molecule has 31 heavy (non-hydrogen) atoms. The van der Waals surface area contributed by atoms with Crippen molar-refractivity contribution in [1.29, 1.82) is 0 Å². The minimum Gasteiger partial charge on any atom is -0.497 e. The second-order valence-corrected chi connectivity index (χ2v) is 8.68. The fraction of sp³-hybridized carbons (Fsp3) is 0.375. The predicted octanol–water partition coefficient (Wildman–Crippen LogP) is 5.02. The van der Waals surface area contributed by atoms with E-state index in [-0.39, 0.29) is 24.4 Å². The maximum atomic E-state index is 14.6. The number of hydrogen-bond acceptors (Lipinski definition) is 5. The van der Waals surface area contributed by atoms with Crippen molar-refractivity contribution in [2.45, 2.75) is 32.1 Å². The van der Waals surface area contributed by atoms with Gasteiger partial charge in [-0.15, -0.1) is 11.3 Å². The predicted molar refractivity (Wildman–Crippen MR) is 119 cm³/mol. The molecule has 0 aliphatic carbocycles. The van der Waals surface area contributed by atoms with Gasteiger partial charge in [0.2, 0.25) is 0 Å². The smallest absolute Gasteiger partial charge is 0.264 e. The van der Waals surface area contributed by atoms with E-state index >= 15 is 0 Å². The molecule has 5 nitrogen and oxygen atoms in total. The summed E-state index contributed by atoms with van der Waals surface area (Å²) >= 11 is 1.31. The number of thiophene rings is 1. The summed E-state index contributed by atoms with van der Waals surface area (Å²) in [7, 11) is 3.18. The van der Waals surface area contributed by atoms with Crippen LogP contribution in [-0.2, 0) is 22.6 Å². The number of carbonyl (C=O) groups is 1. The molecule has 1 aliphatic rings. The molecular weight excluding hydrogens is 417 g/mol. The Morgan fingerprint density at radius 3 is 2.84 bits per heavy atom. The molecule has 164 valence electrons. The zero-order chi connectivity index (χ0) is 21.8. The molecule has 3 aromatic rings. The molecule has 0 spiro atoms. The van der Waals surface area contributed by atoms with Crippen molar-refractivity contribution in [2.75, 3.05) is 27.4 Å². The van der Waals surface area contributed by atoms with Gasteiger partial charge in [-0.3, -0.25) is 4.79 Å². The van der Waals surface area contributed by atoms with Crippen molar-refractivity contribution in [3.63, 3.8) is 0 Å². The van der Waals surface area contributed by atoms with Crippen LogP contribution in [0.25, 0.3) is 10.1 Å². The van der Waals surface area contributed by atoms with Crippen LogP contribution in [0.3, 0.4) is 0 Å². The second kappa shape index (κ2) is 9.77. The van der Waals surface area contributed by atoms with Gasteiger partial charge < -0.3 is 19.1 Å². The lowest BCUT2D eigenvalue weighted by Crippen LogP contribution is -2.37. The SMILES string of the molecule is COCc1c(C(=O)N(Cc2cccc(OC)c2)CC2CCCO2)sc2cccc(F)c12. The van der Waals surface area contributed by atoms with Crippen LogP contribution in [0.15, 0.2) is 42.5 Å². The Morgan fingerprint density at radius 1 is 1.26 bits per heavy atom. The molecule has 1 aliphatic heterocycles. The zero-order valence-corrected chi connectivity index (χ0v) is 18.5. The van der Waals surface area contributed by atoms with Gasteiger partial charge in [0.05, 0.1) is 24.7 Å². The molecule has 0 bridgehead atoms. The lowest BCUT2D eigenvalue weighted by atomic mass is 10.1. The molecule has 1 fully saturated rings. The highest BCUT2D eigenvalue weighted by atomic mass is 32.1. The normalized spacial score (nSPS) is 16.0. The lowest BCUT2D eigenvalue weighted by molar-refractivity contribution is 0.0508. The minimum atomic E-state index is -0.335. The average Bonchev–Trinajstić information content (AvgIpc) is 3.42. The van der Waals surface area contributed by atoms with Crippen molar-refractivity contribution in [1.82, 2.24) is 4.90 Å². The Morgan fingerprint density at radius 2 is 2.10 bits per heavy atom. The molecule has 1 saturated heterocycles. The summed E-state index contributed by atoms with van der Waals surface area (Å²) in [4.78, 5) is 16.1. The topological polar surface area (TPSA) is 48.0 Å². The van der Waals surface area contributed by atoms with Gasteiger partial charge in [0.15, 0.2) is 0 Å². The molecule has 1 atom stereocenters. The molecule has 2 heterocycles. The Hall–Kier alpha value is -2.48. The molecule has 1 amide bonds. The number of fused-ring (bicyclic) bond motifs is 1. The van der Waals surface area contributed by atoms with Gasteiger partial charge in [-0.2, -0.15) is 0 Å². The monoisotopic (exact) mass is 443 g/mol. The van der Waals surface area contributed by atoms with E-state index in [4.69, 9.17) is 14.2 Å². The largest absolute Gasteiger partial charge is 0.497 e. The first-order chi connectivity index (χ1) is 15.1. The summed E-state index contributed by atoms with van der Waals surface area (Å²) in [6.07, 6.45) is 1.93. The summed E-state index contributed by atoms with van der Waals surface area (Å²) in [6.45, 7) is 1.79. The third kappa shape index (κ3) is 4.74. The van der Waals surface area contributed by atoms with Crippen LogP contribution in [0.2, 0.25) is 0 Å². The Bertz CT molecular complexity index is 1060. The van der Waals surface area contributed by atoms with Crippen molar-refractivity contribution in [2.24, 2.45) is 0 Å². The first kappa shape index (κ1) is 21.7. The van der Waals surface area contributed by atoms with Crippen LogP contribution in [-0.4, -0.2) is 44.3 Å². The number of rotatable bonds is 8. The maximum absolute atomic E-state index is 14.6. The van der Waals surface area contributed by atoms with E-state index in [1.807, 2.05) is 30.3 Å². The highest BCUT2D eigenvalue weighted by Crippen LogP contribution is 2.35. The van der Waals surface area contributed by atoms with Gasteiger partial charge in [-0.1, -0.05) is 18.2 Å². The molecule has 2 aromatic carbocycles. The molecular formula is C24H26FNO4S. The standard InChI is InChI=1S/C24H26FNO4S/c1-28-15-19-22-20(25)9-4-10-21(22)31-23(19)24(27)26(14-18-8-5-11-30-18)13-16-6-3-7-17(12-16)29-2/h3-4,6-7,9-10,12,18H,5,8,11,13-15H2,1-2H3. The number of ether oxygens (including phenoxy) is 3. The molecule has 4 rings (SSSR count). The minimum absolute atomic E-state index is 0.00606. The first-order valence-electron chi connectivity index (χ1n) is 10.3. The number of hydrogen-bond donors (Lipinski definition) is 0. The summed E-state index contributed by atoms with van der Waals surface area (Å²) in [5, 5.41) is 0.469. The number of benzene rings is 2. The van der Waals surface area contributed by atoms with Crippen LogP contribution < -0.4 is 4.74 Å². The van der Waals surface area contributed by atoms with Crippen molar-refractivity contribution < 1.29 is 23.4 Å². The van der Waals surface area contributed by atoms with Crippen LogP contribution in [0.4, 0.5) is 4.39 Å². The second-order valence-electron chi connectivity index (χ2n) is 7.63. The zero-order valence-electron chi connectivity index (χ0n) is 17.7. The molecule has 1 unspecified atom stereocenters. The summed E-state index contributed by atoms with van der Waals surface area (Å²) in [6, 6.07) is 12.6. The van der Waals surface area contributed by atoms with Gasteiger partial charge in [0, 0.05) is 42.5 Å². The number of carbonyl (C=O) groups excluding carboxylic acids is 1. The fourth-order valence-corrected chi connectivity index (χ4v) is 5.20. The van der Waals surface area contributed by atoms with Crippen molar-refractivity contribution >= 4 is 27.3 Å². The highest BCUT2D eigenvalue weighted by Gasteiger charge is 2.28. The fourth-order valence-electron chi connectivity index (χ4n) is 4.01. The third-order valence-electron chi connectivity index (χ3n) is 5.49. The third-order valence-corrected chi connectivity index (χ3v) is 6.67. The quantitative estimate of drug-likeness (QED) is 0.491.